The molecule has 1 atom stereocenters. The van der Waals surface area contributed by atoms with Crippen LogP contribution in [0.4, 0.5) is 5.69 Å². The molecule has 1 heterocycles. The van der Waals surface area contributed by atoms with E-state index in [1.165, 1.54) is 19.2 Å². The molecule has 0 aliphatic heterocycles. The molecule has 0 fully saturated rings. The van der Waals surface area contributed by atoms with E-state index in [0.717, 1.165) is 16.5 Å². The first-order chi connectivity index (χ1) is 21.1. The molecular formula is C34H32N2O7S. The Morgan fingerprint density at radius 3 is 2.07 bits per heavy atom. The van der Waals surface area contributed by atoms with E-state index in [9.17, 15) is 18.0 Å². The molecule has 2 N–H and O–H groups in total. The van der Waals surface area contributed by atoms with Crippen LogP contribution < -0.4 is 14.8 Å². The molecule has 226 valence electrons. The average molecular weight is 613 g/mol. The lowest BCUT2D eigenvalue weighted by molar-refractivity contribution is -0.143. The Bertz CT molecular complexity index is 1900. The Morgan fingerprint density at radius 1 is 0.818 bits per heavy atom. The van der Waals surface area contributed by atoms with Crippen LogP contribution in [0.5, 0.6) is 11.5 Å². The lowest BCUT2D eigenvalue weighted by Gasteiger charge is -2.19. The van der Waals surface area contributed by atoms with Gasteiger partial charge in [0.25, 0.3) is 5.91 Å². The highest BCUT2D eigenvalue weighted by Crippen LogP contribution is 2.36. The molecule has 9 nitrogen and oxygen atoms in total. The van der Waals surface area contributed by atoms with Gasteiger partial charge in [-0.1, -0.05) is 62.4 Å². The van der Waals surface area contributed by atoms with Crippen LogP contribution in [0.1, 0.15) is 30.0 Å². The van der Waals surface area contributed by atoms with E-state index in [1.54, 1.807) is 44.2 Å². The molecule has 1 amide bonds. The number of sulfonamides is 1. The number of rotatable bonds is 10. The molecule has 0 bridgehead atoms. The van der Waals surface area contributed by atoms with Crippen molar-refractivity contribution in [3.63, 3.8) is 0 Å². The van der Waals surface area contributed by atoms with Crippen LogP contribution in [0, 0.1) is 12.8 Å². The third-order valence-electron chi connectivity index (χ3n) is 7.14. The Balaban J connectivity index is 1.29. The van der Waals surface area contributed by atoms with E-state index in [2.05, 4.69) is 10.0 Å². The summed E-state index contributed by atoms with van der Waals surface area (Å²) in [5, 5.41) is 3.60. The highest BCUT2D eigenvalue weighted by molar-refractivity contribution is 7.89. The van der Waals surface area contributed by atoms with Gasteiger partial charge in [-0.05, 0) is 72.5 Å². The van der Waals surface area contributed by atoms with Gasteiger partial charge in [-0.2, -0.15) is 4.72 Å². The summed E-state index contributed by atoms with van der Waals surface area (Å²) >= 11 is 0. The fraction of sp³-hybridized carbons (Fsp3) is 0.176. The van der Waals surface area contributed by atoms with Gasteiger partial charge in [0, 0.05) is 11.3 Å². The number of carbonyl (C=O) groups excluding carboxylic acids is 2. The Labute approximate surface area is 255 Å². The van der Waals surface area contributed by atoms with Gasteiger partial charge in [-0.3, -0.25) is 9.59 Å². The van der Waals surface area contributed by atoms with Gasteiger partial charge in [0.1, 0.15) is 23.1 Å². The number of esters is 1. The van der Waals surface area contributed by atoms with Crippen molar-refractivity contribution in [3.05, 3.63) is 108 Å². The van der Waals surface area contributed by atoms with E-state index in [0.29, 0.717) is 28.3 Å². The van der Waals surface area contributed by atoms with Gasteiger partial charge < -0.3 is 19.2 Å². The first kappa shape index (κ1) is 30.5. The molecule has 1 aromatic heterocycles. The minimum atomic E-state index is -3.95. The molecule has 4 aromatic carbocycles. The lowest BCUT2D eigenvalue weighted by Crippen LogP contribution is -2.44. The van der Waals surface area contributed by atoms with Gasteiger partial charge in [-0.25, -0.2) is 8.42 Å². The van der Waals surface area contributed by atoms with Crippen molar-refractivity contribution < 1.29 is 31.9 Å². The molecule has 0 spiro atoms. The van der Waals surface area contributed by atoms with Crippen LogP contribution in [0.25, 0.3) is 22.1 Å². The van der Waals surface area contributed by atoms with Gasteiger partial charge in [0.15, 0.2) is 5.76 Å². The van der Waals surface area contributed by atoms with Crippen LogP contribution in [-0.4, -0.2) is 33.4 Å². The quantitative estimate of drug-likeness (QED) is 0.164. The topological polar surface area (TPSA) is 124 Å². The summed E-state index contributed by atoms with van der Waals surface area (Å²) in [7, 11) is -2.73. The van der Waals surface area contributed by atoms with E-state index >= 15 is 0 Å². The summed E-state index contributed by atoms with van der Waals surface area (Å²) in [6.45, 7) is 5.28. The summed E-state index contributed by atoms with van der Waals surface area (Å²) in [6.07, 6.45) is 0. The molecule has 0 radical (unpaired) electrons. The zero-order chi connectivity index (χ0) is 31.4. The maximum atomic E-state index is 13.2. The van der Waals surface area contributed by atoms with Crippen LogP contribution >= 0.6 is 0 Å². The molecule has 0 aliphatic rings. The fourth-order valence-corrected chi connectivity index (χ4v) is 6.09. The van der Waals surface area contributed by atoms with Crippen molar-refractivity contribution in [1.29, 1.82) is 0 Å². The van der Waals surface area contributed by atoms with E-state index < -0.39 is 27.9 Å². The van der Waals surface area contributed by atoms with E-state index in [4.69, 9.17) is 13.9 Å². The highest BCUT2D eigenvalue weighted by atomic mass is 32.2. The maximum absolute atomic E-state index is 13.2. The van der Waals surface area contributed by atoms with Crippen LogP contribution in [-0.2, 0) is 19.6 Å². The molecule has 5 rings (SSSR count). The smallest absolute Gasteiger partial charge is 0.324 e. The number of hydrogen-bond donors (Lipinski definition) is 2. The number of anilines is 1. The molecule has 0 saturated carbocycles. The molecular weight excluding hydrogens is 580 g/mol. The van der Waals surface area contributed by atoms with Crippen molar-refractivity contribution >= 4 is 38.6 Å². The number of benzene rings is 4. The first-order valence-corrected chi connectivity index (χ1v) is 15.4. The van der Waals surface area contributed by atoms with Gasteiger partial charge in [0.2, 0.25) is 10.0 Å². The normalized spacial score (nSPS) is 12.2. The third kappa shape index (κ3) is 6.51. The minimum Gasteiger partial charge on any atom is -0.468 e. The predicted molar refractivity (Wildman–Crippen MR) is 168 cm³/mol. The van der Waals surface area contributed by atoms with Crippen molar-refractivity contribution in [2.45, 2.75) is 31.7 Å². The largest absolute Gasteiger partial charge is 0.468 e. The molecule has 10 heteroatoms. The number of ether oxygens (including phenoxy) is 2. The number of aryl methyl sites for hydroxylation is 1. The molecule has 5 aromatic rings. The van der Waals surface area contributed by atoms with Gasteiger partial charge in [0.05, 0.1) is 17.4 Å². The standard InChI is InChI=1S/C34H32N2O7S/c1-21(2)31(34(38)41-4)36-44(39,40)27-19-15-24(16-20-27)23-13-17-25(18-14-23)35-33(37)32-22(3)30-28(11-8-12-29(30)43-32)42-26-9-6-5-7-10-26/h5-21,31,36H,1-4H3,(H,35,37)/t31-/m0/s1. The van der Waals surface area contributed by atoms with Gasteiger partial charge >= 0.3 is 5.97 Å². The first-order valence-electron chi connectivity index (χ1n) is 13.9. The van der Waals surface area contributed by atoms with Crippen molar-refractivity contribution in [2.75, 3.05) is 12.4 Å². The van der Waals surface area contributed by atoms with E-state index in [1.807, 2.05) is 61.5 Å². The number of methoxy groups -OCH3 is 1. The van der Waals surface area contributed by atoms with E-state index in [-0.39, 0.29) is 16.6 Å². The zero-order valence-corrected chi connectivity index (χ0v) is 25.5. The number of carbonyl (C=O) groups is 2. The summed E-state index contributed by atoms with van der Waals surface area (Å²) in [6, 6.07) is 27.3. The SMILES string of the molecule is COC(=O)[C@@H](NS(=O)(=O)c1ccc(-c2ccc(NC(=O)c3oc4cccc(Oc5ccccc5)c4c3C)cc2)cc1)C(C)C. The van der Waals surface area contributed by atoms with Crippen molar-refractivity contribution in [1.82, 2.24) is 4.72 Å². The summed E-state index contributed by atoms with van der Waals surface area (Å²) < 4.78 is 44.9. The maximum Gasteiger partial charge on any atom is 0.324 e. The van der Waals surface area contributed by atoms with Gasteiger partial charge in [-0.15, -0.1) is 0 Å². The lowest BCUT2D eigenvalue weighted by atomic mass is 10.1. The number of nitrogens with one attached hydrogen (secondary N) is 2. The number of furan rings is 1. The second-order valence-corrected chi connectivity index (χ2v) is 12.2. The van der Waals surface area contributed by atoms with Crippen molar-refractivity contribution in [2.24, 2.45) is 5.92 Å². The summed E-state index contributed by atoms with van der Waals surface area (Å²) in [5.41, 5.74) is 3.36. The number of amides is 1. The highest BCUT2D eigenvalue weighted by Gasteiger charge is 2.29. The Kier molecular flexibility index (Phi) is 8.84. The second kappa shape index (κ2) is 12.7. The minimum absolute atomic E-state index is 0.0261. The zero-order valence-electron chi connectivity index (χ0n) is 24.7. The number of para-hydroxylation sites is 1. The van der Waals surface area contributed by atoms with Crippen molar-refractivity contribution in [3.8, 4) is 22.6 Å². The summed E-state index contributed by atoms with van der Waals surface area (Å²) in [4.78, 5) is 25.3. The monoisotopic (exact) mass is 612 g/mol. The number of hydrogen-bond acceptors (Lipinski definition) is 7. The molecule has 44 heavy (non-hydrogen) atoms. The predicted octanol–water partition coefficient (Wildman–Crippen LogP) is 6.93. The molecule has 0 saturated heterocycles. The third-order valence-corrected chi connectivity index (χ3v) is 8.59. The Hall–Kier alpha value is -4.93. The molecule has 0 unspecified atom stereocenters. The Morgan fingerprint density at radius 2 is 1.45 bits per heavy atom. The summed E-state index contributed by atoms with van der Waals surface area (Å²) in [5.74, 6) is 0.118. The second-order valence-electron chi connectivity index (χ2n) is 10.5. The average Bonchev–Trinajstić information content (AvgIpc) is 3.37. The van der Waals surface area contributed by atoms with Crippen LogP contribution in [0.2, 0.25) is 0 Å². The number of fused-ring (bicyclic) bond motifs is 1. The molecule has 0 aliphatic carbocycles. The fourth-order valence-electron chi connectivity index (χ4n) is 4.76. The van der Waals surface area contributed by atoms with Crippen LogP contribution in [0.3, 0.4) is 0 Å². The van der Waals surface area contributed by atoms with Crippen LogP contribution in [0.15, 0.2) is 106 Å².